The Balaban J connectivity index is 2.16. The first-order valence-corrected chi connectivity index (χ1v) is 6.27. The van der Waals surface area contributed by atoms with Gasteiger partial charge in [-0.05, 0) is 30.3 Å². The van der Waals surface area contributed by atoms with Crippen LogP contribution in [0.2, 0.25) is 0 Å². The molecule has 0 saturated carbocycles. The van der Waals surface area contributed by atoms with Crippen LogP contribution in [0.25, 0.3) is 0 Å². The molecule has 19 heavy (non-hydrogen) atoms. The first-order chi connectivity index (χ1) is 9.06. The molecule has 2 rings (SSSR count). The topological polar surface area (TPSA) is 54.2 Å². The number of nitrogens with zero attached hydrogens (tertiary/aromatic N) is 2. The Morgan fingerprint density at radius 3 is 2.58 bits per heavy atom. The van der Waals surface area contributed by atoms with Crippen molar-refractivity contribution in [1.82, 2.24) is 4.98 Å². The van der Waals surface area contributed by atoms with Gasteiger partial charge in [-0.2, -0.15) is 0 Å². The maximum absolute atomic E-state index is 5.51. The molecule has 2 aromatic rings. The number of anilines is 3. The number of nitrogens with two attached hydrogens (primary N) is 1. The van der Waals surface area contributed by atoms with E-state index in [1.165, 1.54) is 0 Å². The Kier molecular flexibility index (Phi) is 3.97. The lowest BCUT2D eigenvalue weighted by Gasteiger charge is -2.14. The molecule has 4 nitrogen and oxygen atoms in total. The molecule has 0 radical (unpaired) electrons. The van der Waals surface area contributed by atoms with Crippen LogP contribution in [0.5, 0.6) is 0 Å². The maximum Gasteiger partial charge on any atom is 0.122 e. The van der Waals surface area contributed by atoms with E-state index in [9.17, 15) is 0 Å². The summed E-state index contributed by atoms with van der Waals surface area (Å²) in [6.07, 6.45) is 1.72. The predicted molar refractivity (Wildman–Crippen MR) is 84.2 cm³/mol. The van der Waals surface area contributed by atoms with Crippen LogP contribution in [-0.4, -0.2) is 24.1 Å². The van der Waals surface area contributed by atoms with E-state index in [4.69, 9.17) is 18.0 Å². The third kappa shape index (κ3) is 3.42. The van der Waals surface area contributed by atoms with Gasteiger partial charge in [0, 0.05) is 25.5 Å². The van der Waals surface area contributed by atoms with Gasteiger partial charge in [-0.3, -0.25) is 4.98 Å². The summed E-state index contributed by atoms with van der Waals surface area (Å²) < 4.78 is 0. The van der Waals surface area contributed by atoms with Gasteiger partial charge in [-0.25, -0.2) is 0 Å². The van der Waals surface area contributed by atoms with Crippen LogP contribution < -0.4 is 16.0 Å². The minimum atomic E-state index is 0.307. The Morgan fingerprint density at radius 1 is 1.21 bits per heavy atom. The fraction of sp³-hybridized carbons (Fsp3) is 0.143. The molecule has 3 N–H and O–H groups in total. The maximum atomic E-state index is 5.51. The first kappa shape index (κ1) is 13.3. The minimum Gasteiger partial charge on any atom is -0.388 e. The number of nitrogens with one attached hydrogen (secondary N) is 1. The zero-order valence-electron chi connectivity index (χ0n) is 10.9. The smallest absolute Gasteiger partial charge is 0.122 e. The van der Waals surface area contributed by atoms with E-state index in [0.717, 1.165) is 17.1 Å². The fourth-order valence-corrected chi connectivity index (χ4v) is 1.76. The normalized spacial score (nSPS) is 10.0. The predicted octanol–water partition coefficient (Wildman–Crippen LogP) is 2.53. The van der Waals surface area contributed by atoms with Gasteiger partial charge < -0.3 is 16.0 Å². The van der Waals surface area contributed by atoms with Gasteiger partial charge in [0.25, 0.3) is 0 Å². The summed E-state index contributed by atoms with van der Waals surface area (Å²) in [5.41, 5.74) is 9.19. The molecule has 0 spiro atoms. The van der Waals surface area contributed by atoms with E-state index in [1.54, 1.807) is 12.3 Å². The third-order valence-corrected chi connectivity index (χ3v) is 2.88. The molecule has 0 saturated heterocycles. The molecule has 0 fully saturated rings. The number of hydrogen-bond acceptors (Lipinski definition) is 4. The van der Waals surface area contributed by atoms with Gasteiger partial charge in [0.1, 0.15) is 4.99 Å². The molecule has 0 aliphatic rings. The first-order valence-electron chi connectivity index (χ1n) is 5.86. The number of thiocarbonyl (C=S) groups is 1. The Labute approximate surface area is 118 Å². The summed E-state index contributed by atoms with van der Waals surface area (Å²) in [6.45, 7) is 0. The van der Waals surface area contributed by atoms with E-state index in [-0.39, 0.29) is 0 Å². The number of pyridine rings is 1. The van der Waals surface area contributed by atoms with Crippen molar-refractivity contribution in [2.24, 2.45) is 5.73 Å². The number of aromatic nitrogens is 1. The highest BCUT2D eigenvalue weighted by Crippen LogP contribution is 2.21. The second kappa shape index (κ2) is 5.67. The summed E-state index contributed by atoms with van der Waals surface area (Å²) in [5.74, 6) is 0. The summed E-state index contributed by atoms with van der Waals surface area (Å²) in [5, 5.41) is 3.29. The average molecular weight is 272 g/mol. The zero-order valence-corrected chi connectivity index (χ0v) is 11.7. The minimum absolute atomic E-state index is 0.307. The Bertz CT molecular complexity index is 578. The van der Waals surface area contributed by atoms with Gasteiger partial charge in [-0.15, -0.1) is 0 Å². The van der Waals surface area contributed by atoms with Gasteiger partial charge >= 0.3 is 0 Å². The third-order valence-electron chi connectivity index (χ3n) is 2.67. The van der Waals surface area contributed by atoms with Gasteiger partial charge in [0.2, 0.25) is 0 Å². The van der Waals surface area contributed by atoms with E-state index < -0.39 is 0 Å². The van der Waals surface area contributed by atoms with Crippen molar-refractivity contribution >= 4 is 34.3 Å². The van der Waals surface area contributed by atoms with Crippen LogP contribution in [0, 0.1) is 0 Å². The van der Waals surface area contributed by atoms with E-state index in [0.29, 0.717) is 10.7 Å². The molecular weight excluding hydrogens is 256 g/mol. The van der Waals surface area contributed by atoms with E-state index in [1.807, 2.05) is 32.3 Å². The summed E-state index contributed by atoms with van der Waals surface area (Å²) in [4.78, 5) is 6.55. The second-order valence-electron chi connectivity index (χ2n) is 4.37. The zero-order chi connectivity index (χ0) is 13.8. The van der Waals surface area contributed by atoms with Crippen LogP contribution in [0.1, 0.15) is 5.69 Å². The monoisotopic (exact) mass is 272 g/mol. The Morgan fingerprint density at radius 2 is 2.00 bits per heavy atom. The highest BCUT2D eigenvalue weighted by atomic mass is 32.1. The lowest BCUT2D eigenvalue weighted by Crippen LogP contribution is -2.11. The highest BCUT2D eigenvalue weighted by Gasteiger charge is 2.00. The summed E-state index contributed by atoms with van der Waals surface area (Å²) >= 11 is 4.87. The summed E-state index contributed by atoms with van der Waals surface area (Å²) in [7, 11) is 4.02. The van der Waals surface area contributed by atoms with Crippen molar-refractivity contribution in [2.75, 3.05) is 24.3 Å². The van der Waals surface area contributed by atoms with E-state index in [2.05, 4.69) is 27.3 Å². The van der Waals surface area contributed by atoms with Crippen LogP contribution in [0.3, 0.4) is 0 Å². The molecule has 1 heterocycles. The lowest BCUT2D eigenvalue weighted by atomic mass is 10.2. The number of rotatable bonds is 4. The quantitative estimate of drug-likeness (QED) is 0.838. The summed E-state index contributed by atoms with van der Waals surface area (Å²) in [6, 6.07) is 11.9. The van der Waals surface area contributed by atoms with E-state index >= 15 is 0 Å². The molecule has 0 atom stereocenters. The molecule has 0 bridgehead atoms. The lowest BCUT2D eigenvalue weighted by molar-refractivity contribution is 1.13. The SMILES string of the molecule is CN(C)c1cccc(Nc2ccc(C(N)=S)nc2)c1. The molecule has 0 aliphatic heterocycles. The molecule has 0 aliphatic carbocycles. The fourth-order valence-electron chi connectivity index (χ4n) is 1.64. The molecule has 1 aromatic carbocycles. The molecule has 0 amide bonds. The molecule has 98 valence electrons. The van der Waals surface area contributed by atoms with Crippen molar-refractivity contribution in [3.8, 4) is 0 Å². The van der Waals surface area contributed by atoms with Crippen molar-refractivity contribution in [3.05, 3.63) is 48.3 Å². The van der Waals surface area contributed by atoms with Crippen LogP contribution >= 0.6 is 12.2 Å². The van der Waals surface area contributed by atoms with Crippen molar-refractivity contribution in [3.63, 3.8) is 0 Å². The van der Waals surface area contributed by atoms with Crippen LogP contribution in [0.15, 0.2) is 42.6 Å². The Hall–Kier alpha value is -2.14. The van der Waals surface area contributed by atoms with Crippen molar-refractivity contribution < 1.29 is 0 Å². The van der Waals surface area contributed by atoms with Crippen molar-refractivity contribution in [1.29, 1.82) is 0 Å². The average Bonchev–Trinajstić information content (AvgIpc) is 2.39. The largest absolute Gasteiger partial charge is 0.388 e. The van der Waals surface area contributed by atoms with Gasteiger partial charge in [-0.1, -0.05) is 18.3 Å². The standard InChI is InChI=1S/C14H16N4S/c1-18(2)12-5-3-4-10(8-12)17-11-6-7-13(14(15)19)16-9-11/h3-9,17H,1-2H3,(H2,15,19). The molecule has 5 heteroatoms. The van der Waals surface area contributed by atoms with Crippen LogP contribution in [0.4, 0.5) is 17.1 Å². The molecule has 1 aromatic heterocycles. The van der Waals surface area contributed by atoms with Crippen LogP contribution in [-0.2, 0) is 0 Å². The van der Waals surface area contributed by atoms with Crippen molar-refractivity contribution in [2.45, 2.75) is 0 Å². The van der Waals surface area contributed by atoms with Gasteiger partial charge in [0.05, 0.1) is 17.6 Å². The molecule has 0 unspecified atom stereocenters. The number of hydrogen-bond donors (Lipinski definition) is 2. The number of benzene rings is 1. The second-order valence-corrected chi connectivity index (χ2v) is 4.81. The van der Waals surface area contributed by atoms with Gasteiger partial charge in [0.15, 0.2) is 0 Å². The molecular formula is C14H16N4S. The highest BCUT2D eigenvalue weighted by molar-refractivity contribution is 7.80.